The highest BCUT2D eigenvalue weighted by Gasteiger charge is 2.31. The van der Waals surface area contributed by atoms with Crippen molar-refractivity contribution >= 4 is 26.0 Å². The van der Waals surface area contributed by atoms with E-state index >= 15 is 0 Å². The van der Waals surface area contributed by atoms with Gasteiger partial charge in [-0.2, -0.15) is 0 Å². The topological polar surface area (TPSA) is 144 Å². The molecular formula is C28H44N3O8P. The van der Waals surface area contributed by atoms with E-state index in [4.69, 9.17) is 14.2 Å². The molecule has 3 unspecified atom stereocenters. The van der Waals surface area contributed by atoms with Gasteiger partial charge < -0.3 is 24.6 Å². The lowest BCUT2D eigenvalue weighted by Crippen LogP contribution is -2.43. The largest absolute Gasteiger partial charge is 0.507 e. The molecule has 3 atom stereocenters. The van der Waals surface area contributed by atoms with Gasteiger partial charge in [-0.1, -0.05) is 18.6 Å². The number of esters is 3. The van der Waals surface area contributed by atoms with Gasteiger partial charge in [-0.25, -0.2) is 14.6 Å². The van der Waals surface area contributed by atoms with Crippen molar-refractivity contribution in [3.8, 4) is 5.75 Å². The zero-order valence-corrected chi connectivity index (χ0v) is 25.6. The summed E-state index contributed by atoms with van der Waals surface area (Å²) in [6.45, 7) is 14.3. The third kappa shape index (κ3) is 8.39. The highest BCUT2D eigenvalue weighted by molar-refractivity contribution is 7.39. The number of nitrogens with zero attached hydrogens (tertiary/aromatic N) is 1. The predicted octanol–water partition coefficient (Wildman–Crippen LogP) is 3.20. The van der Waals surface area contributed by atoms with Crippen LogP contribution in [0.4, 0.5) is 0 Å². The molecule has 1 aliphatic heterocycles. The lowest BCUT2D eigenvalue weighted by atomic mass is 9.89. The summed E-state index contributed by atoms with van der Waals surface area (Å²) < 4.78 is 29.9. The van der Waals surface area contributed by atoms with Gasteiger partial charge in [0.15, 0.2) is 0 Å². The molecule has 0 fully saturated rings. The third-order valence-electron chi connectivity index (χ3n) is 6.92. The first-order chi connectivity index (χ1) is 19.0. The Kier molecular flexibility index (Phi) is 13.3. The zero-order valence-electron chi connectivity index (χ0n) is 24.6. The van der Waals surface area contributed by atoms with Crippen LogP contribution in [0.15, 0.2) is 11.6 Å². The van der Waals surface area contributed by atoms with Crippen molar-refractivity contribution in [3.63, 3.8) is 0 Å². The second kappa shape index (κ2) is 15.9. The Morgan fingerprint density at radius 3 is 2.42 bits per heavy atom. The standard InChI is InChI=1S/C28H44N3O8P/c1-8-21-18(5)23-16-39-28(35)24(23)25(32)22(21)12-11-17(4)15-29-13-14-31(20(7)27(34)38-10-3)40(36)30-19(6)26(33)37-9-2/h11,19-20,29,32,40H,8-10,12-16H2,1-7H3,(H,30,36). The molecular weight excluding hydrogens is 537 g/mol. The minimum atomic E-state index is -2.71. The zero-order chi connectivity index (χ0) is 30.0. The molecule has 0 amide bonds. The van der Waals surface area contributed by atoms with E-state index in [0.29, 0.717) is 19.5 Å². The highest BCUT2D eigenvalue weighted by Crippen LogP contribution is 2.38. The van der Waals surface area contributed by atoms with E-state index in [2.05, 4.69) is 10.4 Å². The number of ether oxygens (including phenoxy) is 3. The normalized spacial score (nSPS) is 15.4. The minimum absolute atomic E-state index is 0.00442. The maximum atomic E-state index is 13.1. The van der Waals surface area contributed by atoms with E-state index in [-0.39, 0.29) is 37.7 Å². The molecule has 3 N–H and O–H groups in total. The first-order valence-corrected chi connectivity index (χ1v) is 15.1. The number of phenolic OH excluding ortho intramolecular Hbond substituents is 1. The van der Waals surface area contributed by atoms with Crippen molar-refractivity contribution in [1.29, 1.82) is 0 Å². The Hall–Kier alpha value is -2.72. The number of aromatic hydroxyl groups is 1. The van der Waals surface area contributed by atoms with Crippen molar-refractivity contribution in [1.82, 2.24) is 15.1 Å². The molecule has 224 valence electrons. The number of cyclic esters (lactones) is 1. The van der Waals surface area contributed by atoms with Crippen LogP contribution in [0.5, 0.6) is 5.75 Å². The van der Waals surface area contributed by atoms with Crippen LogP contribution in [0.1, 0.15) is 74.2 Å². The Bertz CT molecular complexity index is 1140. The summed E-state index contributed by atoms with van der Waals surface area (Å²) in [5, 5.41) is 16.9. The SMILES string of the molecule is CCOC(=O)C(C)N[PH](=O)N(CCNCC(C)=CCc1c(O)c2c(c(C)c1CC)COC2=O)C(C)C(=O)OCC. The van der Waals surface area contributed by atoms with Crippen molar-refractivity contribution in [2.45, 2.75) is 80.0 Å². The summed E-state index contributed by atoms with van der Waals surface area (Å²) in [6.07, 6.45) is 3.18. The van der Waals surface area contributed by atoms with E-state index in [1.54, 1.807) is 27.7 Å². The van der Waals surface area contributed by atoms with Crippen LogP contribution in [-0.4, -0.2) is 72.6 Å². The van der Waals surface area contributed by atoms with Gasteiger partial charge in [0.1, 0.15) is 30.0 Å². The second-order valence-electron chi connectivity index (χ2n) is 9.69. The lowest BCUT2D eigenvalue weighted by molar-refractivity contribution is -0.147. The number of phenols is 1. The van der Waals surface area contributed by atoms with Gasteiger partial charge in [0.2, 0.25) is 8.10 Å². The smallest absolute Gasteiger partial charge is 0.342 e. The number of benzene rings is 1. The summed E-state index contributed by atoms with van der Waals surface area (Å²) in [5.74, 6) is -1.51. The van der Waals surface area contributed by atoms with Gasteiger partial charge in [-0.15, -0.1) is 0 Å². The van der Waals surface area contributed by atoms with Crippen LogP contribution in [0, 0.1) is 6.92 Å². The van der Waals surface area contributed by atoms with E-state index in [1.165, 1.54) is 4.67 Å². The molecule has 1 aliphatic rings. The molecule has 1 aromatic carbocycles. The van der Waals surface area contributed by atoms with Crippen molar-refractivity contribution in [3.05, 3.63) is 39.5 Å². The molecule has 0 aliphatic carbocycles. The first kappa shape index (κ1) is 33.5. The lowest BCUT2D eigenvalue weighted by Gasteiger charge is -2.28. The van der Waals surface area contributed by atoms with Gasteiger partial charge in [-0.3, -0.25) is 14.2 Å². The van der Waals surface area contributed by atoms with Crippen molar-refractivity contribution in [2.75, 3.05) is 32.8 Å². The summed E-state index contributed by atoms with van der Waals surface area (Å²) in [4.78, 5) is 36.5. The summed E-state index contributed by atoms with van der Waals surface area (Å²) in [6, 6.07) is -1.58. The van der Waals surface area contributed by atoms with E-state index in [1.807, 2.05) is 26.8 Å². The van der Waals surface area contributed by atoms with Gasteiger partial charge in [0, 0.05) is 30.8 Å². The predicted molar refractivity (Wildman–Crippen MR) is 153 cm³/mol. The van der Waals surface area contributed by atoms with Crippen molar-refractivity contribution < 1.29 is 38.3 Å². The number of nitrogens with one attached hydrogen (secondary N) is 2. The quantitative estimate of drug-likeness (QED) is 0.0871. The third-order valence-corrected chi connectivity index (χ3v) is 8.74. The minimum Gasteiger partial charge on any atom is -0.507 e. The average molecular weight is 582 g/mol. The maximum absolute atomic E-state index is 13.1. The van der Waals surface area contributed by atoms with Gasteiger partial charge in [0.25, 0.3) is 0 Å². The van der Waals surface area contributed by atoms with Gasteiger partial charge in [0.05, 0.1) is 13.2 Å². The number of hydrogen-bond donors (Lipinski definition) is 3. The van der Waals surface area contributed by atoms with Crippen LogP contribution < -0.4 is 10.4 Å². The first-order valence-electron chi connectivity index (χ1n) is 13.8. The summed E-state index contributed by atoms with van der Waals surface area (Å²) in [5.41, 5.74) is 4.77. The fourth-order valence-corrected chi connectivity index (χ4v) is 6.06. The molecule has 12 heteroatoms. The summed E-state index contributed by atoms with van der Waals surface area (Å²) >= 11 is 0. The van der Waals surface area contributed by atoms with Gasteiger partial charge in [-0.05, 0) is 65.5 Å². The maximum Gasteiger partial charge on any atom is 0.342 e. The highest BCUT2D eigenvalue weighted by atomic mass is 31.1. The number of carbonyl (C=O) groups excluding carboxylic acids is 3. The number of fused-ring (bicyclic) bond motifs is 1. The van der Waals surface area contributed by atoms with E-state index < -0.39 is 38.1 Å². The van der Waals surface area contributed by atoms with Crippen LogP contribution in [0.2, 0.25) is 0 Å². The Labute approximate surface area is 237 Å². The van der Waals surface area contributed by atoms with E-state index in [9.17, 15) is 24.1 Å². The monoisotopic (exact) mass is 581 g/mol. The number of rotatable bonds is 16. The van der Waals surface area contributed by atoms with E-state index in [0.717, 1.165) is 34.2 Å². The molecule has 0 spiro atoms. The average Bonchev–Trinajstić information content (AvgIpc) is 3.31. The van der Waals surface area contributed by atoms with Crippen LogP contribution in [0.3, 0.4) is 0 Å². The molecule has 0 saturated carbocycles. The fourth-order valence-electron chi connectivity index (χ4n) is 4.63. The number of hydrogen-bond acceptors (Lipinski definition) is 9. The molecule has 1 aromatic rings. The molecule has 11 nitrogen and oxygen atoms in total. The molecule has 2 rings (SSSR count). The molecule has 0 bridgehead atoms. The van der Waals surface area contributed by atoms with Gasteiger partial charge >= 0.3 is 17.9 Å². The fraction of sp³-hybridized carbons (Fsp3) is 0.607. The Morgan fingerprint density at radius 2 is 1.80 bits per heavy atom. The van der Waals surface area contributed by atoms with Crippen LogP contribution in [-0.2, 0) is 47.8 Å². The Balaban J connectivity index is 2.04. The number of carbonyl (C=O) groups is 3. The van der Waals surface area contributed by atoms with Crippen molar-refractivity contribution in [2.24, 2.45) is 0 Å². The molecule has 0 radical (unpaired) electrons. The van der Waals surface area contributed by atoms with Crippen LogP contribution in [0.25, 0.3) is 0 Å². The van der Waals surface area contributed by atoms with Crippen LogP contribution >= 0.6 is 8.10 Å². The second-order valence-corrected chi connectivity index (χ2v) is 11.2. The molecule has 0 aromatic heterocycles. The number of allylic oxidation sites excluding steroid dienone is 1. The Morgan fingerprint density at radius 1 is 1.15 bits per heavy atom. The summed E-state index contributed by atoms with van der Waals surface area (Å²) in [7, 11) is -2.71. The molecule has 1 heterocycles. The molecule has 40 heavy (non-hydrogen) atoms. The molecule has 0 saturated heterocycles.